The van der Waals surface area contributed by atoms with E-state index in [1.54, 1.807) is 19.0 Å². The van der Waals surface area contributed by atoms with Gasteiger partial charge < -0.3 is 4.90 Å². The summed E-state index contributed by atoms with van der Waals surface area (Å²) >= 11 is 0.605. The molecular formula is C8H8F3N3OS. The lowest BCUT2D eigenvalue weighted by Gasteiger charge is -2.00. The first kappa shape index (κ1) is 12.6. The number of aliphatic imine (C=N–C) groups is 1. The standard InChI is InChI=1S/C8H8F3N3OS/c1-14(2)4-13-7-12-3-5(16-7)6(15)8(9,10)11/h3-4H,1-2H3. The molecule has 1 rings (SSSR count). The Balaban J connectivity index is 2.84. The summed E-state index contributed by atoms with van der Waals surface area (Å²) < 4.78 is 36.1. The number of Topliss-reactive ketones (excluding diaryl/α,β-unsaturated/α-hetero) is 1. The molecule has 16 heavy (non-hydrogen) atoms. The van der Waals surface area contributed by atoms with Crippen LogP contribution in [0.4, 0.5) is 18.3 Å². The molecule has 1 aromatic heterocycles. The summed E-state index contributed by atoms with van der Waals surface area (Å²) in [6, 6.07) is 0. The van der Waals surface area contributed by atoms with Gasteiger partial charge in [-0.05, 0) is 0 Å². The van der Waals surface area contributed by atoms with E-state index in [4.69, 9.17) is 0 Å². The summed E-state index contributed by atoms with van der Waals surface area (Å²) in [6.07, 6.45) is -2.60. The second-order valence-electron chi connectivity index (χ2n) is 3.04. The minimum atomic E-state index is -4.87. The predicted molar refractivity (Wildman–Crippen MR) is 54.3 cm³/mol. The summed E-state index contributed by atoms with van der Waals surface area (Å²) in [5, 5.41) is 0.112. The van der Waals surface area contributed by atoms with E-state index >= 15 is 0 Å². The second-order valence-corrected chi connectivity index (χ2v) is 4.05. The number of alkyl halides is 3. The van der Waals surface area contributed by atoms with Crippen LogP contribution in [0.2, 0.25) is 0 Å². The lowest BCUT2D eigenvalue weighted by Crippen LogP contribution is -2.21. The first-order chi connectivity index (χ1) is 7.30. The van der Waals surface area contributed by atoms with Crippen molar-refractivity contribution in [2.45, 2.75) is 6.18 Å². The van der Waals surface area contributed by atoms with Crippen molar-refractivity contribution in [3.63, 3.8) is 0 Å². The molecule has 4 nitrogen and oxygen atoms in total. The molecule has 0 bridgehead atoms. The second kappa shape index (κ2) is 4.60. The van der Waals surface area contributed by atoms with Crippen LogP contribution in [0.1, 0.15) is 9.67 Å². The van der Waals surface area contributed by atoms with Gasteiger partial charge in [-0.25, -0.2) is 9.98 Å². The van der Waals surface area contributed by atoms with Crippen molar-refractivity contribution in [1.29, 1.82) is 0 Å². The molecule has 0 amide bonds. The normalized spacial score (nSPS) is 12.1. The van der Waals surface area contributed by atoms with Crippen molar-refractivity contribution in [2.24, 2.45) is 4.99 Å². The van der Waals surface area contributed by atoms with Crippen LogP contribution in [0.3, 0.4) is 0 Å². The van der Waals surface area contributed by atoms with E-state index in [0.717, 1.165) is 6.20 Å². The summed E-state index contributed by atoms with van der Waals surface area (Å²) in [5.74, 6) is -1.89. The molecule has 0 aliphatic carbocycles. The topological polar surface area (TPSA) is 45.6 Å². The molecule has 0 fully saturated rings. The molecule has 0 aromatic carbocycles. The molecule has 0 atom stereocenters. The molecular weight excluding hydrogens is 243 g/mol. The molecule has 0 unspecified atom stereocenters. The maximum absolute atomic E-state index is 12.0. The number of hydrogen-bond donors (Lipinski definition) is 0. The zero-order chi connectivity index (χ0) is 12.3. The maximum atomic E-state index is 12.0. The molecule has 0 aliphatic rings. The number of carbonyl (C=O) groups is 1. The van der Waals surface area contributed by atoms with Crippen molar-refractivity contribution >= 4 is 28.6 Å². The number of nitrogens with zero attached hydrogens (tertiary/aromatic N) is 3. The van der Waals surface area contributed by atoms with Gasteiger partial charge in [0.1, 0.15) is 4.88 Å². The molecule has 0 saturated heterocycles. The number of carbonyl (C=O) groups excluding carboxylic acids is 1. The van der Waals surface area contributed by atoms with Gasteiger partial charge in [-0.3, -0.25) is 4.79 Å². The Hall–Kier alpha value is -1.44. The van der Waals surface area contributed by atoms with Gasteiger partial charge in [0.2, 0.25) is 5.13 Å². The van der Waals surface area contributed by atoms with Crippen LogP contribution in [0.15, 0.2) is 11.2 Å². The maximum Gasteiger partial charge on any atom is 0.455 e. The molecule has 0 radical (unpaired) electrons. The lowest BCUT2D eigenvalue weighted by atomic mass is 10.3. The average molecular weight is 251 g/mol. The number of halogens is 3. The van der Waals surface area contributed by atoms with Crippen LogP contribution in [-0.2, 0) is 0 Å². The molecule has 1 aromatic rings. The fourth-order valence-electron chi connectivity index (χ4n) is 0.734. The minimum Gasteiger partial charge on any atom is -0.369 e. The molecule has 1 heterocycles. The summed E-state index contributed by atoms with van der Waals surface area (Å²) in [6.45, 7) is 0. The van der Waals surface area contributed by atoms with Crippen LogP contribution < -0.4 is 0 Å². The molecule has 0 aliphatic heterocycles. The fourth-order valence-corrected chi connectivity index (χ4v) is 1.45. The fraction of sp³-hybridized carbons (Fsp3) is 0.375. The highest BCUT2D eigenvalue weighted by molar-refractivity contribution is 7.17. The van der Waals surface area contributed by atoms with E-state index in [1.165, 1.54) is 6.34 Å². The summed E-state index contributed by atoms with van der Waals surface area (Å²) in [4.78, 5) is 19.3. The van der Waals surface area contributed by atoms with Crippen LogP contribution in [0.5, 0.6) is 0 Å². The highest BCUT2D eigenvalue weighted by Crippen LogP contribution is 2.28. The Labute approximate surface area is 93.4 Å². The zero-order valence-electron chi connectivity index (χ0n) is 8.45. The third-order valence-corrected chi connectivity index (χ3v) is 2.28. The molecule has 0 spiro atoms. The van der Waals surface area contributed by atoms with E-state index < -0.39 is 16.8 Å². The minimum absolute atomic E-state index is 0.112. The Kier molecular flexibility index (Phi) is 3.63. The monoisotopic (exact) mass is 251 g/mol. The van der Waals surface area contributed by atoms with Crippen molar-refractivity contribution in [3.05, 3.63) is 11.1 Å². The van der Waals surface area contributed by atoms with Gasteiger partial charge in [0.05, 0.1) is 12.5 Å². The number of thiazole rings is 1. The third kappa shape index (κ3) is 3.30. The highest BCUT2D eigenvalue weighted by Gasteiger charge is 2.40. The van der Waals surface area contributed by atoms with Crippen molar-refractivity contribution < 1.29 is 18.0 Å². The van der Waals surface area contributed by atoms with E-state index in [2.05, 4.69) is 9.98 Å². The first-order valence-corrected chi connectivity index (χ1v) is 4.90. The quantitative estimate of drug-likeness (QED) is 0.469. The SMILES string of the molecule is CN(C)C=Nc1ncc(C(=O)C(F)(F)F)s1. The zero-order valence-corrected chi connectivity index (χ0v) is 9.26. The van der Waals surface area contributed by atoms with Gasteiger partial charge in [0, 0.05) is 14.1 Å². The number of rotatable bonds is 3. The Morgan fingerprint density at radius 3 is 2.69 bits per heavy atom. The highest BCUT2D eigenvalue weighted by atomic mass is 32.1. The van der Waals surface area contributed by atoms with Crippen molar-refractivity contribution in [2.75, 3.05) is 14.1 Å². The molecule has 8 heteroatoms. The van der Waals surface area contributed by atoms with Gasteiger partial charge in [0.25, 0.3) is 5.78 Å². The Bertz CT molecular complexity index is 411. The van der Waals surface area contributed by atoms with Crippen molar-refractivity contribution in [3.8, 4) is 0 Å². The van der Waals surface area contributed by atoms with Crippen molar-refractivity contribution in [1.82, 2.24) is 9.88 Å². The van der Waals surface area contributed by atoms with Crippen LogP contribution in [0, 0.1) is 0 Å². The predicted octanol–water partition coefficient (Wildman–Crippen LogP) is 2.11. The molecule has 88 valence electrons. The van der Waals surface area contributed by atoms with E-state index in [-0.39, 0.29) is 5.13 Å². The smallest absolute Gasteiger partial charge is 0.369 e. The van der Waals surface area contributed by atoms with Crippen LogP contribution in [-0.4, -0.2) is 42.3 Å². The average Bonchev–Trinajstić information content (AvgIpc) is 2.60. The number of aromatic nitrogens is 1. The van der Waals surface area contributed by atoms with Crippen LogP contribution in [0.25, 0.3) is 0 Å². The van der Waals surface area contributed by atoms with E-state index in [1.807, 2.05) is 0 Å². The van der Waals surface area contributed by atoms with Gasteiger partial charge in [0.15, 0.2) is 0 Å². The van der Waals surface area contributed by atoms with Gasteiger partial charge in [-0.15, -0.1) is 0 Å². The first-order valence-electron chi connectivity index (χ1n) is 4.08. The summed E-state index contributed by atoms with van der Waals surface area (Å²) in [5.41, 5.74) is 0. The number of ketones is 1. The molecule has 0 N–H and O–H groups in total. The Morgan fingerprint density at radius 2 is 2.19 bits per heavy atom. The molecule has 0 saturated carbocycles. The Morgan fingerprint density at radius 1 is 1.56 bits per heavy atom. The van der Waals surface area contributed by atoms with Gasteiger partial charge >= 0.3 is 6.18 Å². The van der Waals surface area contributed by atoms with Gasteiger partial charge in [-0.2, -0.15) is 13.2 Å². The van der Waals surface area contributed by atoms with E-state index in [0.29, 0.717) is 11.3 Å². The summed E-state index contributed by atoms with van der Waals surface area (Å²) in [7, 11) is 3.41. The lowest BCUT2D eigenvalue weighted by molar-refractivity contribution is -0.0882. The number of hydrogen-bond acceptors (Lipinski definition) is 4. The van der Waals surface area contributed by atoms with E-state index in [9.17, 15) is 18.0 Å². The van der Waals surface area contributed by atoms with Gasteiger partial charge in [-0.1, -0.05) is 11.3 Å². The third-order valence-electron chi connectivity index (χ3n) is 1.37. The largest absolute Gasteiger partial charge is 0.455 e. The van der Waals surface area contributed by atoms with Crippen LogP contribution >= 0.6 is 11.3 Å².